The summed E-state index contributed by atoms with van der Waals surface area (Å²) in [5.41, 5.74) is 2.70. The first-order chi connectivity index (χ1) is 7.07. The van der Waals surface area contributed by atoms with Crippen molar-refractivity contribution in [2.75, 3.05) is 0 Å². The van der Waals surface area contributed by atoms with Crippen molar-refractivity contribution in [1.29, 1.82) is 0 Å². The Kier molecular flexibility index (Phi) is 2.35. The number of nitrogens with zero attached hydrogens (tertiary/aromatic N) is 2. The minimum atomic E-state index is 0.191. The highest BCUT2D eigenvalue weighted by atomic mass is 15.0. The van der Waals surface area contributed by atoms with Gasteiger partial charge in [-0.1, -0.05) is 32.9 Å². The van der Waals surface area contributed by atoms with Crippen LogP contribution in [0.3, 0.4) is 0 Å². The summed E-state index contributed by atoms with van der Waals surface area (Å²) in [6.07, 6.45) is 5.58. The molecule has 2 rings (SSSR count). The zero-order chi connectivity index (χ0) is 10.9. The molecule has 15 heavy (non-hydrogen) atoms. The lowest BCUT2D eigenvalue weighted by Crippen LogP contribution is -2.11. The summed E-state index contributed by atoms with van der Waals surface area (Å²) < 4.78 is 2.02. The third-order valence-corrected chi connectivity index (χ3v) is 2.51. The van der Waals surface area contributed by atoms with E-state index in [2.05, 4.69) is 50.0 Å². The molecule has 1 aromatic carbocycles. The first-order valence-corrected chi connectivity index (χ1v) is 5.16. The fraction of sp³-hybridized carbons (Fsp3) is 0.308. The lowest BCUT2D eigenvalue weighted by atomic mass is 9.87. The second-order valence-electron chi connectivity index (χ2n) is 4.77. The summed E-state index contributed by atoms with van der Waals surface area (Å²) >= 11 is 0. The molecule has 78 valence electrons. The summed E-state index contributed by atoms with van der Waals surface area (Å²) in [6, 6.07) is 8.56. The summed E-state index contributed by atoms with van der Waals surface area (Å²) in [5.74, 6) is 0. The molecule has 2 nitrogen and oxygen atoms in total. The van der Waals surface area contributed by atoms with Gasteiger partial charge in [0.05, 0.1) is 6.33 Å². The maximum atomic E-state index is 4.05. The van der Waals surface area contributed by atoms with E-state index < -0.39 is 0 Å². The van der Waals surface area contributed by atoms with Gasteiger partial charge in [-0.25, -0.2) is 4.98 Å². The number of hydrogen-bond donors (Lipinski definition) is 0. The fourth-order valence-corrected chi connectivity index (χ4v) is 1.54. The molecule has 2 heteroatoms. The maximum Gasteiger partial charge on any atom is 0.0991 e. The largest absolute Gasteiger partial charge is 0.306 e. The van der Waals surface area contributed by atoms with Crippen LogP contribution in [0.5, 0.6) is 0 Å². The van der Waals surface area contributed by atoms with Crippen LogP contribution in [0.25, 0.3) is 5.69 Å². The van der Waals surface area contributed by atoms with Gasteiger partial charge in [-0.05, 0) is 23.1 Å². The molecule has 0 N–H and O–H groups in total. The van der Waals surface area contributed by atoms with Crippen molar-refractivity contribution in [3.05, 3.63) is 48.5 Å². The van der Waals surface area contributed by atoms with Gasteiger partial charge < -0.3 is 4.57 Å². The van der Waals surface area contributed by atoms with E-state index in [0.717, 1.165) is 0 Å². The van der Waals surface area contributed by atoms with E-state index in [0.29, 0.717) is 0 Å². The predicted molar refractivity (Wildman–Crippen MR) is 62.3 cm³/mol. The standard InChI is InChI=1S/C13H16N2/c1-13(2,3)11-5-4-6-12(9-11)15-8-7-14-10-15/h4-10H,1-3H3. The van der Waals surface area contributed by atoms with Crippen molar-refractivity contribution in [2.45, 2.75) is 26.2 Å². The number of imidazole rings is 1. The molecule has 0 bridgehead atoms. The van der Waals surface area contributed by atoms with E-state index in [9.17, 15) is 0 Å². The van der Waals surface area contributed by atoms with E-state index in [4.69, 9.17) is 0 Å². The van der Waals surface area contributed by atoms with Crippen LogP contribution >= 0.6 is 0 Å². The van der Waals surface area contributed by atoms with Crippen LogP contribution in [0.15, 0.2) is 43.0 Å². The first-order valence-electron chi connectivity index (χ1n) is 5.16. The lowest BCUT2D eigenvalue weighted by Gasteiger charge is -2.19. The van der Waals surface area contributed by atoms with E-state index in [1.54, 1.807) is 6.20 Å². The Morgan fingerprint density at radius 1 is 1.20 bits per heavy atom. The van der Waals surface area contributed by atoms with Gasteiger partial charge in [-0.3, -0.25) is 0 Å². The Morgan fingerprint density at radius 3 is 2.60 bits per heavy atom. The van der Waals surface area contributed by atoms with Gasteiger partial charge in [-0.15, -0.1) is 0 Å². The number of benzene rings is 1. The van der Waals surface area contributed by atoms with Gasteiger partial charge in [0, 0.05) is 18.1 Å². The SMILES string of the molecule is CC(C)(C)c1cccc(-n2ccnc2)c1. The van der Waals surface area contributed by atoms with Crippen molar-refractivity contribution >= 4 is 0 Å². The molecular formula is C13H16N2. The molecule has 0 aliphatic heterocycles. The zero-order valence-corrected chi connectivity index (χ0v) is 9.44. The Balaban J connectivity index is 2.44. The Morgan fingerprint density at radius 2 is 2.00 bits per heavy atom. The smallest absolute Gasteiger partial charge is 0.0991 e. The second-order valence-corrected chi connectivity index (χ2v) is 4.77. The molecule has 0 unspecified atom stereocenters. The number of rotatable bonds is 1. The summed E-state index contributed by atoms with van der Waals surface area (Å²) in [4.78, 5) is 4.05. The first kappa shape index (κ1) is 9.97. The zero-order valence-electron chi connectivity index (χ0n) is 9.44. The maximum absolute atomic E-state index is 4.05. The van der Waals surface area contributed by atoms with Crippen molar-refractivity contribution < 1.29 is 0 Å². The van der Waals surface area contributed by atoms with Crippen LogP contribution in [0.1, 0.15) is 26.3 Å². The molecule has 0 saturated carbocycles. The summed E-state index contributed by atoms with van der Waals surface area (Å²) in [6.45, 7) is 6.67. The molecule has 0 aliphatic carbocycles. The highest BCUT2D eigenvalue weighted by molar-refractivity contribution is 5.38. The number of aromatic nitrogens is 2. The van der Waals surface area contributed by atoms with Crippen LogP contribution in [-0.2, 0) is 5.41 Å². The average Bonchev–Trinajstić information content (AvgIpc) is 2.69. The highest BCUT2D eigenvalue weighted by Gasteiger charge is 2.13. The van der Waals surface area contributed by atoms with Crippen LogP contribution in [0, 0.1) is 0 Å². The minimum absolute atomic E-state index is 0.191. The average molecular weight is 200 g/mol. The molecule has 0 amide bonds. The quantitative estimate of drug-likeness (QED) is 0.691. The molecule has 0 aliphatic rings. The molecule has 1 aromatic heterocycles. The third-order valence-electron chi connectivity index (χ3n) is 2.51. The molecule has 0 atom stereocenters. The molecule has 2 aromatic rings. The van der Waals surface area contributed by atoms with E-state index in [-0.39, 0.29) is 5.41 Å². The molecule has 0 spiro atoms. The Labute approximate surface area is 90.6 Å². The van der Waals surface area contributed by atoms with Gasteiger partial charge in [0.1, 0.15) is 0 Å². The molecule has 0 fully saturated rings. The van der Waals surface area contributed by atoms with Crippen molar-refractivity contribution in [2.24, 2.45) is 0 Å². The predicted octanol–water partition coefficient (Wildman–Crippen LogP) is 3.17. The van der Waals surface area contributed by atoms with Gasteiger partial charge in [-0.2, -0.15) is 0 Å². The third kappa shape index (κ3) is 2.09. The van der Waals surface area contributed by atoms with Crippen molar-refractivity contribution in [1.82, 2.24) is 9.55 Å². The van der Waals surface area contributed by atoms with Gasteiger partial charge in [0.15, 0.2) is 0 Å². The van der Waals surface area contributed by atoms with E-state index in [1.165, 1.54) is 11.3 Å². The van der Waals surface area contributed by atoms with Gasteiger partial charge >= 0.3 is 0 Å². The molecule has 1 heterocycles. The molecule has 0 saturated heterocycles. The topological polar surface area (TPSA) is 17.8 Å². The molecule has 0 radical (unpaired) electrons. The van der Waals surface area contributed by atoms with Gasteiger partial charge in [0.25, 0.3) is 0 Å². The monoisotopic (exact) mass is 200 g/mol. The molecular weight excluding hydrogens is 184 g/mol. The van der Waals surface area contributed by atoms with Crippen LogP contribution in [-0.4, -0.2) is 9.55 Å². The second kappa shape index (κ2) is 3.54. The summed E-state index contributed by atoms with van der Waals surface area (Å²) in [5, 5.41) is 0. The Hall–Kier alpha value is -1.57. The minimum Gasteiger partial charge on any atom is -0.306 e. The van der Waals surface area contributed by atoms with Crippen LogP contribution < -0.4 is 0 Å². The van der Waals surface area contributed by atoms with Crippen molar-refractivity contribution in [3.63, 3.8) is 0 Å². The lowest BCUT2D eigenvalue weighted by molar-refractivity contribution is 0.590. The van der Waals surface area contributed by atoms with Gasteiger partial charge in [0.2, 0.25) is 0 Å². The Bertz CT molecular complexity index is 436. The van der Waals surface area contributed by atoms with Crippen molar-refractivity contribution in [3.8, 4) is 5.69 Å². The van der Waals surface area contributed by atoms with E-state index >= 15 is 0 Å². The van der Waals surface area contributed by atoms with E-state index in [1.807, 2.05) is 17.1 Å². The fourth-order valence-electron chi connectivity index (χ4n) is 1.54. The van der Waals surface area contributed by atoms with Crippen LogP contribution in [0.2, 0.25) is 0 Å². The normalized spacial score (nSPS) is 11.7. The highest BCUT2D eigenvalue weighted by Crippen LogP contribution is 2.23. The number of hydrogen-bond acceptors (Lipinski definition) is 1. The summed E-state index contributed by atoms with van der Waals surface area (Å²) in [7, 11) is 0. The van der Waals surface area contributed by atoms with Crippen LogP contribution in [0.4, 0.5) is 0 Å².